The number of carboxylic acid groups (broad SMARTS) is 1. The zero-order valence-corrected chi connectivity index (χ0v) is 12.3. The zero-order chi connectivity index (χ0) is 14.9. The van der Waals surface area contributed by atoms with E-state index in [1.54, 1.807) is 32.0 Å². The van der Waals surface area contributed by atoms with Crippen LogP contribution in [0.15, 0.2) is 18.2 Å². The molecule has 0 bridgehead atoms. The average molecular weight is 296 g/mol. The van der Waals surface area contributed by atoms with Gasteiger partial charge in [0, 0.05) is 16.6 Å². The summed E-state index contributed by atoms with van der Waals surface area (Å²) in [6, 6.07) is 4.80. The highest BCUT2D eigenvalue weighted by Crippen LogP contribution is 2.38. The Morgan fingerprint density at radius 3 is 2.80 bits per heavy atom. The number of benzene rings is 1. The van der Waals surface area contributed by atoms with Crippen LogP contribution in [0.4, 0.5) is 0 Å². The van der Waals surface area contributed by atoms with E-state index in [1.165, 1.54) is 0 Å². The molecule has 1 amide bonds. The molecule has 0 saturated heterocycles. The first-order valence-corrected chi connectivity index (χ1v) is 7.03. The van der Waals surface area contributed by atoms with Gasteiger partial charge in [-0.2, -0.15) is 0 Å². The minimum absolute atomic E-state index is 0.260. The largest absolute Gasteiger partial charge is 0.481 e. The van der Waals surface area contributed by atoms with Crippen LogP contribution >= 0.6 is 11.6 Å². The molecular formula is C15H18ClNO3. The Kier molecular flexibility index (Phi) is 4.04. The van der Waals surface area contributed by atoms with Crippen molar-refractivity contribution >= 4 is 23.5 Å². The molecule has 108 valence electrons. The van der Waals surface area contributed by atoms with Crippen molar-refractivity contribution in [1.29, 1.82) is 0 Å². The number of carbonyl (C=O) groups excluding carboxylic acids is 1. The van der Waals surface area contributed by atoms with Gasteiger partial charge in [-0.05, 0) is 44.4 Å². The Hall–Kier alpha value is -1.55. The Morgan fingerprint density at radius 1 is 1.45 bits per heavy atom. The maximum Gasteiger partial charge on any atom is 0.311 e. The average Bonchev–Trinajstić information content (AvgIpc) is 2.75. The molecule has 1 fully saturated rings. The molecule has 0 spiro atoms. The number of hydrogen-bond donors (Lipinski definition) is 2. The van der Waals surface area contributed by atoms with Crippen molar-refractivity contribution in [1.82, 2.24) is 5.32 Å². The van der Waals surface area contributed by atoms with E-state index in [0.29, 0.717) is 29.0 Å². The SMILES string of the molecule is Cc1c(Cl)cccc1C(=O)NC1CCCC1(C)C(=O)O. The van der Waals surface area contributed by atoms with Gasteiger partial charge in [-0.1, -0.05) is 24.1 Å². The van der Waals surface area contributed by atoms with Gasteiger partial charge in [0.2, 0.25) is 0 Å². The van der Waals surface area contributed by atoms with E-state index in [4.69, 9.17) is 11.6 Å². The van der Waals surface area contributed by atoms with Crippen molar-refractivity contribution in [3.8, 4) is 0 Å². The zero-order valence-electron chi connectivity index (χ0n) is 11.6. The standard InChI is InChI=1S/C15H18ClNO3/c1-9-10(5-3-6-11(9)16)13(18)17-12-7-4-8-15(12,2)14(19)20/h3,5-6,12H,4,7-8H2,1-2H3,(H,17,18)(H,19,20). The predicted molar refractivity (Wildman–Crippen MR) is 77.0 cm³/mol. The molecule has 1 aliphatic rings. The second-order valence-electron chi connectivity index (χ2n) is 5.55. The lowest BCUT2D eigenvalue weighted by atomic mass is 9.84. The van der Waals surface area contributed by atoms with E-state index >= 15 is 0 Å². The van der Waals surface area contributed by atoms with E-state index in [9.17, 15) is 14.7 Å². The molecule has 1 aliphatic carbocycles. The van der Waals surface area contributed by atoms with E-state index in [0.717, 1.165) is 6.42 Å². The van der Waals surface area contributed by atoms with Crippen LogP contribution in [0.1, 0.15) is 42.1 Å². The molecular weight excluding hydrogens is 278 g/mol. The molecule has 0 aliphatic heterocycles. The third kappa shape index (κ3) is 2.52. The van der Waals surface area contributed by atoms with Gasteiger partial charge >= 0.3 is 5.97 Å². The third-order valence-corrected chi connectivity index (χ3v) is 4.67. The number of rotatable bonds is 3. The summed E-state index contributed by atoms with van der Waals surface area (Å²) in [4.78, 5) is 23.7. The van der Waals surface area contributed by atoms with Crippen molar-refractivity contribution in [2.45, 2.75) is 39.2 Å². The summed E-state index contributed by atoms with van der Waals surface area (Å²) in [5.74, 6) is -1.12. The molecule has 4 nitrogen and oxygen atoms in total. The van der Waals surface area contributed by atoms with Crippen LogP contribution in [-0.4, -0.2) is 23.0 Å². The van der Waals surface area contributed by atoms with E-state index in [1.807, 2.05) is 0 Å². The lowest BCUT2D eigenvalue weighted by molar-refractivity contribution is -0.148. The van der Waals surface area contributed by atoms with Crippen LogP contribution in [0.5, 0.6) is 0 Å². The first-order valence-electron chi connectivity index (χ1n) is 6.65. The van der Waals surface area contributed by atoms with Crippen molar-refractivity contribution in [2.75, 3.05) is 0 Å². The fourth-order valence-corrected chi connectivity index (χ4v) is 2.92. The molecule has 1 aromatic carbocycles. The van der Waals surface area contributed by atoms with Crippen molar-refractivity contribution in [3.63, 3.8) is 0 Å². The number of nitrogens with one attached hydrogen (secondary N) is 1. The summed E-state index contributed by atoms with van der Waals surface area (Å²) < 4.78 is 0. The molecule has 20 heavy (non-hydrogen) atoms. The molecule has 5 heteroatoms. The summed E-state index contributed by atoms with van der Waals surface area (Å²) in [7, 11) is 0. The number of aliphatic carboxylic acids is 1. The van der Waals surface area contributed by atoms with Gasteiger partial charge < -0.3 is 10.4 Å². The molecule has 1 aromatic rings. The fourth-order valence-electron chi connectivity index (χ4n) is 2.74. The van der Waals surface area contributed by atoms with E-state index in [-0.39, 0.29) is 11.9 Å². The van der Waals surface area contributed by atoms with Gasteiger partial charge in [-0.25, -0.2) is 0 Å². The number of hydrogen-bond acceptors (Lipinski definition) is 2. The predicted octanol–water partition coefficient (Wildman–Crippen LogP) is 3.02. The molecule has 0 aromatic heterocycles. The maximum atomic E-state index is 12.3. The second kappa shape index (κ2) is 5.44. The Morgan fingerprint density at radius 2 is 2.15 bits per heavy atom. The summed E-state index contributed by atoms with van der Waals surface area (Å²) in [5, 5.41) is 12.7. The minimum atomic E-state index is -0.887. The molecule has 0 radical (unpaired) electrons. The Labute approximate surface area is 123 Å². The highest BCUT2D eigenvalue weighted by atomic mass is 35.5. The Balaban J connectivity index is 2.20. The van der Waals surface area contributed by atoms with Gasteiger partial charge in [0.15, 0.2) is 0 Å². The van der Waals surface area contributed by atoms with Crippen LogP contribution in [0.25, 0.3) is 0 Å². The number of halogens is 1. The fraction of sp³-hybridized carbons (Fsp3) is 0.467. The topological polar surface area (TPSA) is 66.4 Å². The lowest BCUT2D eigenvalue weighted by Crippen LogP contribution is -2.47. The summed E-state index contributed by atoms with van der Waals surface area (Å²) in [6.07, 6.45) is 2.08. The van der Waals surface area contributed by atoms with Crippen molar-refractivity contribution < 1.29 is 14.7 Å². The van der Waals surface area contributed by atoms with Gasteiger partial charge in [-0.3, -0.25) is 9.59 Å². The second-order valence-corrected chi connectivity index (χ2v) is 5.96. The van der Waals surface area contributed by atoms with E-state index < -0.39 is 11.4 Å². The first-order chi connectivity index (χ1) is 9.36. The highest BCUT2D eigenvalue weighted by Gasteiger charge is 2.46. The van der Waals surface area contributed by atoms with Crippen molar-refractivity contribution in [3.05, 3.63) is 34.3 Å². The molecule has 2 N–H and O–H groups in total. The van der Waals surface area contributed by atoms with Crippen LogP contribution in [-0.2, 0) is 4.79 Å². The minimum Gasteiger partial charge on any atom is -0.481 e. The molecule has 0 heterocycles. The number of carbonyl (C=O) groups is 2. The lowest BCUT2D eigenvalue weighted by Gasteiger charge is -2.28. The normalized spacial score (nSPS) is 25.4. The van der Waals surface area contributed by atoms with Crippen LogP contribution in [0.3, 0.4) is 0 Å². The smallest absolute Gasteiger partial charge is 0.311 e. The molecule has 2 atom stereocenters. The summed E-state index contributed by atoms with van der Waals surface area (Å²) in [6.45, 7) is 3.47. The third-order valence-electron chi connectivity index (χ3n) is 4.26. The number of amides is 1. The maximum absolute atomic E-state index is 12.3. The quantitative estimate of drug-likeness (QED) is 0.901. The molecule has 2 unspecified atom stereocenters. The van der Waals surface area contributed by atoms with E-state index in [2.05, 4.69) is 5.32 Å². The highest BCUT2D eigenvalue weighted by molar-refractivity contribution is 6.31. The van der Waals surface area contributed by atoms with Gasteiger partial charge in [0.1, 0.15) is 0 Å². The Bertz CT molecular complexity index is 558. The van der Waals surface area contributed by atoms with Gasteiger partial charge in [-0.15, -0.1) is 0 Å². The summed E-state index contributed by atoms with van der Waals surface area (Å²) >= 11 is 6.01. The van der Waals surface area contributed by atoms with Crippen LogP contribution in [0, 0.1) is 12.3 Å². The molecule has 2 rings (SSSR count). The number of carboxylic acids is 1. The van der Waals surface area contributed by atoms with Crippen LogP contribution < -0.4 is 5.32 Å². The molecule has 1 saturated carbocycles. The summed E-state index contributed by atoms with van der Waals surface area (Å²) in [5.41, 5.74) is 0.320. The monoisotopic (exact) mass is 295 g/mol. The van der Waals surface area contributed by atoms with Crippen LogP contribution in [0.2, 0.25) is 5.02 Å². The first kappa shape index (κ1) is 14.9. The van der Waals surface area contributed by atoms with Crippen molar-refractivity contribution in [2.24, 2.45) is 5.41 Å². The van der Waals surface area contributed by atoms with Gasteiger partial charge in [0.25, 0.3) is 5.91 Å². The van der Waals surface area contributed by atoms with Gasteiger partial charge in [0.05, 0.1) is 5.41 Å².